The molecule has 0 aromatic carbocycles. The molecule has 1 rings (SSSR count). The molecular formula is C13H28N2O2. The molecule has 1 aliphatic heterocycles. The maximum atomic E-state index is 9.84. The van der Waals surface area contributed by atoms with Crippen molar-refractivity contribution in [3.05, 3.63) is 0 Å². The largest absolute Gasteiger partial charge is 0.389 e. The van der Waals surface area contributed by atoms with Gasteiger partial charge in [0.1, 0.15) is 0 Å². The molecule has 0 amide bonds. The molecule has 0 aromatic heterocycles. The van der Waals surface area contributed by atoms with Gasteiger partial charge in [0.2, 0.25) is 0 Å². The zero-order chi connectivity index (χ0) is 12.7. The van der Waals surface area contributed by atoms with Gasteiger partial charge in [-0.25, -0.2) is 0 Å². The lowest BCUT2D eigenvalue weighted by Crippen LogP contribution is -2.36. The monoisotopic (exact) mass is 244 g/mol. The summed E-state index contributed by atoms with van der Waals surface area (Å²) < 4.78 is 5.74. The highest BCUT2D eigenvalue weighted by molar-refractivity contribution is 4.75. The predicted molar refractivity (Wildman–Crippen MR) is 70.0 cm³/mol. The van der Waals surface area contributed by atoms with Crippen molar-refractivity contribution in [2.24, 2.45) is 5.73 Å². The molecule has 102 valence electrons. The minimum absolute atomic E-state index is 0.341. The fraction of sp³-hybridized carbons (Fsp3) is 1.00. The summed E-state index contributed by atoms with van der Waals surface area (Å²) in [6.45, 7) is 8.39. The number of nitrogens with two attached hydrogens (primary N) is 1. The fourth-order valence-electron chi connectivity index (χ4n) is 2.21. The van der Waals surface area contributed by atoms with Gasteiger partial charge in [-0.15, -0.1) is 0 Å². The molecule has 1 aliphatic rings. The highest BCUT2D eigenvalue weighted by Crippen LogP contribution is 2.13. The van der Waals surface area contributed by atoms with Crippen LogP contribution in [0.25, 0.3) is 0 Å². The summed E-state index contributed by atoms with van der Waals surface area (Å²) in [5.74, 6) is 0. The Morgan fingerprint density at radius 3 is 2.94 bits per heavy atom. The van der Waals surface area contributed by atoms with Crippen molar-refractivity contribution in [1.82, 2.24) is 4.90 Å². The zero-order valence-electron chi connectivity index (χ0n) is 11.3. The first-order valence-electron chi connectivity index (χ1n) is 6.84. The summed E-state index contributed by atoms with van der Waals surface area (Å²) >= 11 is 0. The van der Waals surface area contributed by atoms with E-state index in [-0.39, 0.29) is 0 Å². The summed E-state index contributed by atoms with van der Waals surface area (Å²) in [6.07, 6.45) is 4.35. The van der Waals surface area contributed by atoms with Gasteiger partial charge in [-0.3, -0.25) is 0 Å². The van der Waals surface area contributed by atoms with E-state index >= 15 is 0 Å². The summed E-state index contributed by atoms with van der Waals surface area (Å²) in [5.41, 5.74) is 4.81. The van der Waals surface area contributed by atoms with Gasteiger partial charge in [0.05, 0.1) is 11.7 Å². The molecule has 1 saturated heterocycles. The third-order valence-corrected chi connectivity index (χ3v) is 3.52. The Morgan fingerprint density at radius 2 is 2.29 bits per heavy atom. The molecule has 3 N–H and O–H groups in total. The highest BCUT2D eigenvalue weighted by atomic mass is 16.5. The van der Waals surface area contributed by atoms with Crippen LogP contribution in [0.4, 0.5) is 0 Å². The van der Waals surface area contributed by atoms with E-state index in [9.17, 15) is 5.11 Å². The summed E-state index contributed by atoms with van der Waals surface area (Å²) in [7, 11) is 0. The second-order valence-corrected chi connectivity index (χ2v) is 5.36. The van der Waals surface area contributed by atoms with Gasteiger partial charge in [0.25, 0.3) is 0 Å². The Hall–Kier alpha value is -0.160. The van der Waals surface area contributed by atoms with E-state index in [0.29, 0.717) is 12.6 Å². The second-order valence-electron chi connectivity index (χ2n) is 5.36. The van der Waals surface area contributed by atoms with Crippen LogP contribution in [0.5, 0.6) is 0 Å². The van der Waals surface area contributed by atoms with Crippen LogP contribution in [0.3, 0.4) is 0 Å². The first-order valence-corrected chi connectivity index (χ1v) is 6.84. The molecule has 1 heterocycles. The number of nitrogens with zero attached hydrogens (tertiary/aromatic N) is 1. The SMILES string of the molecule is CCC1CN(CCCC(C)(O)CN)CCCO1. The van der Waals surface area contributed by atoms with Gasteiger partial charge in [0, 0.05) is 26.2 Å². The topological polar surface area (TPSA) is 58.7 Å². The van der Waals surface area contributed by atoms with Crippen molar-refractivity contribution in [1.29, 1.82) is 0 Å². The average molecular weight is 244 g/mol. The minimum Gasteiger partial charge on any atom is -0.389 e. The van der Waals surface area contributed by atoms with E-state index < -0.39 is 5.60 Å². The van der Waals surface area contributed by atoms with Crippen LogP contribution in [-0.4, -0.2) is 54.5 Å². The number of aliphatic hydroxyl groups is 1. The summed E-state index contributed by atoms with van der Waals surface area (Å²) in [6, 6.07) is 0. The van der Waals surface area contributed by atoms with Gasteiger partial charge in [-0.2, -0.15) is 0 Å². The lowest BCUT2D eigenvalue weighted by atomic mass is 10.0. The van der Waals surface area contributed by atoms with E-state index in [2.05, 4.69) is 11.8 Å². The third kappa shape index (κ3) is 5.82. The number of hydrogen-bond acceptors (Lipinski definition) is 4. The van der Waals surface area contributed by atoms with Crippen LogP contribution in [0, 0.1) is 0 Å². The van der Waals surface area contributed by atoms with Crippen molar-refractivity contribution in [3.8, 4) is 0 Å². The van der Waals surface area contributed by atoms with E-state index in [0.717, 1.165) is 51.9 Å². The van der Waals surface area contributed by atoms with Crippen LogP contribution < -0.4 is 5.73 Å². The second kappa shape index (κ2) is 7.31. The number of ether oxygens (including phenoxy) is 1. The molecule has 2 atom stereocenters. The van der Waals surface area contributed by atoms with Crippen molar-refractivity contribution >= 4 is 0 Å². The molecular weight excluding hydrogens is 216 g/mol. The highest BCUT2D eigenvalue weighted by Gasteiger charge is 2.20. The van der Waals surface area contributed by atoms with Crippen LogP contribution in [0.1, 0.15) is 39.5 Å². The van der Waals surface area contributed by atoms with Gasteiger partial charge in [0.15, 0.2) is 0 Å². The third-order valence-electron chi connectivity index (χ3n) is 3.52. The van der Waals surface area contributed by atoms with Crippen molar-refractivity contribution < 1.29 is 9.84 Å². The molecule has 0 spiro atoms. The van der Waals surface area contributed by atoms with E-state index in [1.807, 2.05) is 6.92 Å². The Labute approximate surface area is 105 Å². The van der Waals surface area contributed by atoms with Gasteiger partial charge in [-0.05, 0) is 39.2 Å². The normalized spacial score (nSPS) is 26.5. The maximum absolute atomic E-state index is 9.84. The van der Waals surface area contributed by atoms with E-state index in [4.69, 9.17) is 10.5 Å². The summed E-state index contributed by atoms with van der Waals surface area (Å²) in [4.78, 5) is 2.45. The average Bonchev–Trinajstić information content (AvgIpc) is 2.54. The minimum atomic E-state index is -0.702. The molecule has 17 heavy (non-hydrogen) atoms. The van der Waals surface area contributed by atoms with Crippen LogP contribution in [-0.2, 0) is 4.74 Å². The first kappa shape index (κ1) is 14.9. The van der Waals surface area contributed by atoms with Crippen LogP contribution in [0.2, 0.25) is 0 Å². The number of hydrogen-bond donors (Lipinski definition) is 2. The maximum Gasteiger partial charge on any atom is 0.0741 e. The quantitative estimate of drug-likeness (QED) is 0.731. The predicted octanol–water partition coefficient (Wildman–Crippen LogP) is 0.977. The molecule has 1 fully saturated rings. The van der Waals surface area contributed by atoms with Crippen LogP contribution in [0.15, 0.2) is 0 Å². The molecule has 0 bridgehead atoms. The molecule has 4 nitrogen and oxygen atoms in total. The van der Waals surface area contributed by atoms with Gasteiger partial charge in [-0.1, -0.05) is 6.92 Å². The molecule has 0 saturated carbocycles. The molecule has 0 aliphatic carbocycles. The Kier molecular flexibility index (Phi) is 6.41. The Morgan fingerprint density at radius 1 is 1.53 bits per heavy atom. The molecule has 0 radical (unpaired) electrons. The molecule has 0 aromatic rings. The van der Waals surface area contributed by atoms with Gasteiger partial charge < -0.3 is 20.5 Å². The first-order chi connectivity index (χ1) is 8.07. The van der Waals surface area contributed by atoms with Crippen LogP contribution >= 0.6 is 0 Å². The lowest BCUT2D eigenvalue weighted by molar-refractivity contribution is 0.0441. The Bertz CT molecular complexity index is 210. The fourth-order valence-corrected chi connectivity index (χ4v) is 2.21. The van der Waals surface area contributed by atoms with Crippen molar-refractivity contribution in [3.63, 3.8) is 0 Å². The smallest absolute Gasteiger partial charge is 0.0741 e. The van der Waals surface area contributed by atoms with Crippen molar-refractivity contribution in [2.75, 3.05) is 32.8 Å². The molecule has 2 unspecified atom stereocenters. The number of rotatable bonds is 6. The van der Waals surface area contributed by atoms with E-state index in [1.54, 1.807) is 0 Å². The lowest BCUT2D eigenvalue weighted by Gasteiger charge is -2.25. The standard InChI is InChI=1S/C13H28N2O2/c1-3-12-10-15(8-5-9-17-12)7-4-6-13(2,16)11-14/h12,16H,3-11,14H2,1-2H3. The molecule has 4 heteroatoms. The van der Waals surface area contributed by atoms with Crippen molar-refractivity contribution in [2.45, 2.75) is 51.2 Å². The van der Waals surface area contributed by atoms with Gasteiger partial charge >= 0.3 is 0 Å². The Balaban J connectivity index is 2.25. The van der Waals surface area contributed by atoms with E-state index in [1.165, 1.54) is 0 Å². The summed E-state index contributed by atoms with van der Waals surface area (Å²) in [5, 5.41) is 9.84. The zero-order valence-corrected chi connectivity index (χ0v) is 11.3.